The summed E-state index contributed by atoms with van der Waals surface area (Å²) in [5, 5.41) is 14.2. The van der Waals surface area contributed by atoms with Gasteiger partial charge < -0.3 is 20.5 Å². The van der Waals surface area contributed by atoms with Crippen molar-refractivity contribution < 1.29 is 19.0 Å². The quantitative estimate of drug-likeness (QED) is 0.713. The molecule has 1 unspecified atom stereocenters. The van der Waals surface area contributed by atoms with Gasteiger partial charge >= 0.3 is 6.03 Å². The number of aliphatic hydroxyl groups is 1. The van der Waals surface area contributed by atoms with Crippen molar-refractivity contribution in [3.8, 4) is 5.75 Å². The largest absolute Gasteiger partial charge is 0.491 e. The van der Waals surface area contributed by atoms with Crippen LogP contribution in [0.1, 0.15) is 20.3 Å². The van der Waals surface area contributed by atoms with Crippen LogP contribution in [0.5, 0.6) is 5.75 Å². The molecule has 0 heterocycles. The summed E-state index contributed by atoms with van der Waals surface area (Å²) in [4.78, 5) is 11.6. The standard InChI is InChI=1S/C14H21FN2O3/c1-10(7-8-18)16-14(19)17-11(2)9-20-13-5-3-12(15)4-6-13/h3-6,10-11,18H,7-9H2,1-2H3,(H2,16,17,19)/t10-,11?/m1/s1. The smallest absolute Gasteiger partial charge is 0.315 e. The topological polar surface area (TPSA) is 70.6 Å². The fraction of sp³-hybridized carbons (Fsp3) is 0.500. The van der Waals surface area contributed by atoms with Gasteiger partial charge in [0.1, 0.15) is 18.2 Å². The lowest BCUT2D eigenvalue weighted by molar-refractivity contribution is 0.219. The monoisotopic (exact) mass is 284 g/mol. The second-order valence-corrected chi connectivity index (χ2v) is 4.70. The van der Waals surface area contributed by atoms with Crippen molar-refractivity contribution in [2.45, 2.75) is 32.4 Å². The van der Waals surface area contributed by atoms with Crippen LogP contribution in [0, 0.1) is 5.82 Å². The van der Waals surface area contributed by atoms with Gasteiger partial charge in [0.15, 0.2) is 0 Å². The van der Waals surface area contributed by atoms with Gasteiger partial charge in [-0.05, 0) is 44.5 Å². The van der Waals surface area contributed by atoms with Crippen molar-refractivity contribution in [2.24, 2.45) is 0 Å². The minimum atomic E-state index is -0.319. The zero-order chi connectivity index (χ0) is 15.0. The first-order valence-corrected chi connectivity index (χ1v) is 6.57. The first-order valence-electron chi connectivity index (χ1n) is 6.57. The Bertz CT molecular complexity index is 411. The molecule has 0 fully saturated rings. The summed E-state index contributed by atoms with van der Waals surface area (Å²) in [5.74, 6) is 0.231. The number of ether oxygens (including phenoxy) is 1. The number of hydrogen-bond acceptors (Lipinski definition) is 3. The third-order valence-corrected chi connectivity index (χ3v) is 2.63. The molecule has 0 saturated heterocycles. The van der Waals surface area contributed by atoms with E-state index in [0.29, 0.717) is 12.2 Å². The molecule has 3 N–H and O–H groups in total. The summed E-state index contributed by atoms with van der Waals surface area (Å²) >= 11 is 0. The molecule has 6 heteroatoms. The molecular weight excluding hydrogens is 263 g/mol. The van der Waals surface area contributed by atoms with E-state index in [1.807, 2.05) is 6.92 Å². The first kappa shape index (κ1) is 16.2. The van der Waals surface area contributed by atoms with E-state index in [4.69, 9.17) is 9.84 Å². The van der Waals surface area contributed by atoms with Gasteiger partial charge in [0.25, 0.3) is 0 Å². The van der Waals surface area contributed by atoms with Gasteiger partial charge in [-0.25, -0.2) is 9.18 Å². The maximum atomic E-state index is 12.7. The van der Waals surface area contributed by atoms with E-state index in [-0.39, 0.29) is 37.1 Å². The van der Waals surface area contributed by atoms with Gasteiger partial charge in [-0.15, -0.1) is 0 Å². The van der Waals surface area contributed by atoms with Crippen LogP contribution in [-0.4, -0.2) is 36.4 Å². The van der Waals surface area contributed by atoms with Crippen molar-refractivity contribution in [3.63, 3.8) is 0 Å². The zero-order valence-corrected chi connectivity index (χ0v) is 11.7. The van der Waals surface area contributed by atoms with Gasteiger partial charge in [0.2, 0.25) is 0 Å². The van der Waals surface area contributed by atoms with E-state index in [0.717, 1.165) is 0 Å². The predicted octanol–water partition coefficient (Wildman–Crippen LogP) is 1.66. The second kappa shape index (κ2) is 8.37. The highest BCUT2D eigenvalue weighted by molar-refractivity contribution is 5.74. The number of hydrogen-bond donors (Lipinski definition) is 3. The van der Waals surface area contributed by atoms with Gasteiger partial charge in [0.05, 0.1) is 6.04 Å². The third kappa shape index (κ3) is 6.38. The van der Waals surface area contributed by atoms with Gasteiger partial charge in [0, 0.05) is 12.6 Å². The Kier molecular flexibility index (Phi) is 6.79. The lowest BCUT2D eigenvalue weighted by Gasteiger charge is -2.18. The van der Waals surface area contributed by atoms with E-state index in [2.05, 4.69) is 10.6 Å². The number of amides is 2. The summed E-state index contributed by atoms with van der Waals surface area (Å²) in [6.07, 6.45) is 0.508. The molecule has 0 radical (unpaired) electrons. The molecule has 0 bridgehead atoms. The highest BCUT2D eigenvalue weighted by Gasteiger charge is 2.10. The molecule has 0 aliphatic rings. The molecule has 112 valence electrons. The summed E-state index contributed by atoms with van der Waals surface area (Å²) in [5.41, 5.74) is 0. The van der Waals surface area contributed by atoms with E-state index >= 15 is 0 Å². The average molecular weight is 284 g/mol. The number of halogens is 1. The Labute approximate surface area is 118 Å². The number of nitrogens with one attached hydrogen (secondary N) is 2. The highest BCUT2D eigenvalue weighted by atomic mass is 19.1. The van der Waals surface area contributed by atoms with Crippen LogP contribution < -0.4 is 15.4 Å². The van der Waals surface area contributed by atoms with E-state index < -0.39 is 0 Å². The van der Waals surface area contributed by atoms with Crippen molar-refractivity contribution in [2.75, 3.05) is 13.2 Å². The van der Waals surface area contributed by atoms with E-state index in [9.17, 15) is 9.18 Å². The molecule has 0 saturated carbocycles. The minimum Gasteiger partial charge on any atom is -0.491 e. The van der Waals surface area contributed by atoms with Crippen LogP contribution in [0.15, 0.2) is 24.3 Å². The third-order valence-electron chi connectivity index (χ3n) is 2.63. The van der Waals surface area contributed by atoms with Crippen LogP contribution in [0.25, 0.3) is 0 Å². The second-order valence-electron chi connectivity index (χ2n) is 4.70. The first-order chi connectivity index (χ1) is 9.51. The van der Waals surface area contributed by atoms with Crippen LogP contribution in [0.4, 0.5) is 9.18 Å². The molecule has 20 heavy (non-hydrogen) atoms. The van der Waals surface area contributed by atoms with Crippen LogP contribution >= 0.6 is 0 Å². The maximum absolute atomic E-state index is 12.7. The summed E-state index contributed by atoms with van der Waals surface area (Å²) in [7, 11) is 0. The lowest BCUT2D eigenvalue weighted by atomic mass is 10.2. The van der Waals surface area contributed by atoms with Crippen molar-refractivity contribution in [1.29, 1.82) is 0 Å². The number of urea groups is 1. The Hall–Kier alpha value is -1.82. The number of rotatable bonds is 7. The fourth-order valence-corrected chi connectivity index (χ4v) is 1.55. The van der Waals surface area contributed by atoms with E-state index in [1.165, 1.54) is 24.3 Å². The fourth-order valence-electron chi connectivity index (χ4n) is 1.55. The molecular formula is C14H21FN2O3. The van der Waals surface area contributed by atoms with Crippen molar-refractivity contribution in [3.05, 3.63) is 30.1 Å². The molecule has 2 atom stereocenters. The predicted molar refractivity (Wildman–Crippen MR) is 74.2 cm³/mol. The van der Waals surface area contributed by atoms with Gasteiger partial charge in [-0.2, -0.15) is 0 Å². The minimum absolute atomic E-state index is 0.0324. The summed E-state index contributed by atoms with van der Waals surface area (Å²) in [6, 6.07) is 5.11. The Balaban J connectivity index is 2.27. The van der Waals surface area contributed by atoms with Crippen LogP contribution in [0.3, 0.4) is 0 Å². The Morgan fingerprint density at radius 2 is 1.85 bits per heavy atom. The number of carbonyl (C=O) groups excluding carboxylic acids is 1. The Morgan fingerprint density at radius 1 is 1.25 bits per heavy atom. The number of aliphatic hydroxyl groups excluding tert-OH is 1. The van der Waals surface area contributed by atoms with Crippen LogP contribution in [0.2, 0.25) is 0 Å². The normalized spacial score (nSPS) is 13.4. The van der Waals surface area contributed by atoms with Crippen molar-refractivity contribution in [1.82, 2.24) is 10.6 Å². The molecule has 0 spiro atoms. The lowest BCUT2D eigenvalue weighted by Crippen LogP contribution is -2.46. The molecule has 1 aromatic rings. The highest BCUT2D eigenvalue weighted by Crippen LogP contribution is 2.11. The zero-order valence-electron chi connectivity index (χ0n) is 11.7. The van der Waals surface area contributed by atoms with Gasteiger partial charge in [-0.3, -0.25) is 0 Å². The molecule has 0 aliphatic carbocycles. The SMILES string of the molecule is CC(COc1ccc(F)cc1)NC(=O)N[C@H](C)CCO. The molecule has 1 rings (SSSR count). The number of carbonyl (C=O) groups is 1. The molecule has 2 amide bonds. The number of benzene rings is 1. The maximum Gasteiger partial charge on any atom is 0.315 e. The summed E-state index contributed by atoms with van der Waals surface area (Å²) in [6.45, 7) is 3.94. The van der Waals surface area contributed by atoms with Crippen molar-refractivity contribution >= 4 is 6.03 Å². The molecule has 0 aliphatic heterocycles. The summed E-state index contributed by atoms with van der Waals surface area (Å²) < 4.78 is 18.1. The average Bonchev–Trinajstić information content (AvgIpc) is 2.38. The molecule has 5 nitrogen and oxygen atoms in total. The van der Waals surface area contributed by atoms with Gasteiger partial charge in [-0.1, -0.05) is 0 Å². The van der Waals surface area contributed by atoms with E-state index in [1.54, 1.807) is 6.92 Å². The van der Waals surface area contributed by atoms with Crippen LogP contribution in [-0.2, 0) is 0 Å². The molecule has 0 aromatic heterocycles. The molecule has 1 aromatic carbocycles. The Morgan fingerprint density at radius 3 is 2.45 bits per heavy atom.